The molecule has 0 saturated carbocycles. The predicted octanol–water partition coefficient (Wildman–Crippen LogP) is 4.53. The van der Waals surface area contributed by atoms with E-state index in [-0.39, 0.29) is 10.2 Å². The summed E-state index contributed by atoms with van der Waals surface area (Å²) in [6, 6.07) is 9.79. The van der Waals surface area contributed by atoms with Crippen LogP contribution in [0, 0.1) is 0 Å². The molecule has 0 saturated heterocycles. The zero-order valence-corrected chi connectivity index (χ0v) is 10.1. The zero-order valence-electron chi connectivity index (χ0n) is 8.50. The van der Waals surface area contributed by atoms with Gasteiger partial charge in [-0.15, -0.1) is 0 Å². The van der Waals surface area contributed by atoms with E-state index >= 15 is 0 Å². The molecule has 0 bridgehead atoms. The summed E-state index contributed by atoms with van der Waals surface area (Å²) in [6.07, 6.45) is -3.08. The van der Waals surface area contributed by atoms with E-state index < -0.39 is 11.7 Å². The lowest BCUT2D eigenvalue weighted by atomic mass is 10.0. The van der Waals surface area contributed by atoms with Gasteiger partial charge in [0, 0.05) is 6.20 Å². The van der Waals surface area contributed by atoms with Crippen molar-refractivity contribution in [2.24, 2.45) is 0 Å². The molecule has 0 aliphatic heterocycles. The summed E-state index contributed by atoms with van der Waals surface area (Å²) in [7, 11) is 0. The Morgan fingerprint density at radius 2 is 1.65 bits per heavy atom. The Balaban J connectivity index is 2.67. The molecule has 0 aliphatic rings. The van der Waals surface area contributed by atoms with Crippen LogP contribution in [0.2, 0.25) is 0 Å². The Morgan fingerprint density at radius 3 is 2.24 bits per heavy atom. The van der Waals surface area contributed by atoms with Crippen LogP contribution < -0.4 is 0 Å². The highest BCUT2D eigenvalue weighted by Gasteiger charge is 2.36. The molecule has 0 unspecified atom stereocenters. The van der Waals surface area contributed by atoms with E-state index in [4.69, 9.17) is 0 Å². The first-order chi connectivity index (χ1) is 8.00. The molecule has 17 heavy (non-hydrogen) atoms. The second-order valence-electron chi connectivity index (χ2n) is 3.39. The maximum atomic E-state index is 12.9. The molecule has 0 aliphatic carbocycles. The highest BCUT2D eigenvalue weighted by Crippen LogP contribution is 2.40. The van der Waals surface area contributed by atoms with Crippen molar-refractivity contribution in [2.45, 2.75) is 6.18 Å². The molecule has 2 aromatic rings. The van der Waals surface area contributed by atoms with Crippen LogP contribution >= 0.6 is 15.9 Å². The van der Waals surface area contributed by atoms with Crippen molar-refractivity contribution in [2.75, 3.05) is 0 Å². The minimum Gasteiger partial charge on any atom is -0.249 e. The molecule has 1 nitrogen and oxygen atoms in total. The van der Waals surface area contributed by atoms with E-state index in [2.05, 4.69) is 20.9 Å². The normalized spacial score (nSPS) is 11.5. The lowest BCUT2D eigenvalue weighted by molar-refractivity contribution is -0.137. The van der Waals surface area contributed by atoms with E-state index in [1.165, 1.54) is 12.3 Å². The monoisotopic (exact) mass is 301 g/mol. The second-order valence-corrected chi connectivity index (χ2v) is 4.14. The molecule has 1 heterocycles. The van der Waals surface area contributed by atoms with Gasteiger partial charge in [-0.25, -0.2) is 4.98 Å². The van der Waals surface area contributed by atoms with E-state index in [9.17, 15) is 13.2 Å². The number of alkyl halides is 3. The Morgan fingerprint density at radius 1 is 1.00 bits per heavy atom. The molecule has 0 fully saturated rings. The van der Waals surface area contributed by atoms with Crippen LogP contribution in [0.3, 0.4) is 0 Å². The molecule has 1 aromatic carbocycles. The fourth-order valence-corrected chi connectivity index (χ4v) is 2.12. The lowest BCUT2D eigenvalue weighted by Crippen LogP contribution is -2.09. The third-order valence-corrected chi connectivity index (χ3v) is 2.87. The SMILES string of the molecule is FC(F)(F)c1c(-c2ccccc2)ccnc1Br. The Bertz CT molecular complexity index is 523. The molecule has 2 rings (SSSR count). The van der Waals surface area contributed by atoms with Gasteiger partial charge in [-0.3, -0.25) is 0 Å². The van der Waals surface area contributed by atoms with Gasteiger partial charge in [-0.1, -0.05) is 30.3 Å². The van der Waals surface area contributed by atoms with Crippen LogP contribution in [0.25, 0.3) is 11.1 Å². The number of rotatable bonds is 1. The minimum absolute atomic E-state index is 0.125. The summed E-state index contributed by atoms with van der Waals surface area (Å²) in [4.78, 5) is 3.63. The molecular weight excluding hydrogens is 295 g/mol. The van der Waals surface area contributed by atoms with Gasteiger partial charge in [-0.05, 0) is 33.1 Å². The molecule has 0 N–H and O–H groups in total. The van der Waals surface area contributed by atoms with Gasteiger partial charge >= 0.3 is 6.18 Å². The predicted molar refractivity (Wildman–Crippen MR) is 62.4 cm³/mol. The summed E-state index contributed by atoms with van der Waals surface area (Å²) in [5.74, 6) is 0. The van der Waals surface area contributed by atoms with Crippen molar-refractivity contribution in [1.29, 1.82) is 0 Å². The standard InChI is InChI=1S/C12H7BrF3N/c13-11-10(12(14,15)16)9(6-7-17-11)8-4-2-1-3-5-8/h1-7H. The van der Waals surface area contributed by atoms with Crippen LogP contribution in [0.4, 0.5) is 13.2 Å². The van der Waals surface area contributed by atoms with E-state index in [0.29, 0.717) is 5.56 Å². The van der Waals surface area contributed by atoms with Crippen molar-refractivity contribution in [1.82, 2.24) is 4.98 Å². The van der Waals surface area contributed by atoms with Crippen LogP contribution in [0.15, 0.2) is 47.2 Å². The Hall–Kier alpha value is -1.36. The van der Waals surface area contributed by atoms with Gasteiger partial charge < -0.3 is 0 Å². The van der Waals surface area contributed by atoms with Crippen LogP contribution in [-0.2, 0) is 6.18 Å². The number of hydrogen-bond acceptors (Lipinski definition) is 1. The molecule has 0 spiro atoms. The van der Waals surface area contributed by atoms with Crippen molar-refractivity contribution in [3.63, 3.8) is 0 Å². The number of nitrogens with zero attached hydrogens (tertiary/aromatic N) is 1. The maximum Gasteiger partial charge on any atom is 0.419 e. The van der Waals surface area contributed by atoms with Crippen LogP contribution in [-0.4, -0.2) is 4.98 Å². The topological polar surface area (TPSA) is 12.9 Å². The molecule has 5 heteroatoms. The van der Waals surface area contributed by atoms with Crippen molar-refractivity contribution in [3.8, 4) is 11.1 Å². The van der Waals surface area contributed by atoms with Crippen molar-refractivity contribution >= 4 is 15.9 Å². The number of benzene rings is 1. The fraction of sp³-hybridized carbons (Fsp3) is 0.0833. The van der Waals surface area contributed by atoms with Gasteiger partial charge in [0.15, 0.2) is 0 Å². The number of hydrogen-bond donors (Lipinski definition) is 0. The van der Waals surface area contributed by atoms with Crippen molar-refractivity contribution in [3.05, 3.63) is 52.8 Å². The van der Waals surface area contributed by atoms with Gasteiger partial charge in [0.2, 0.25) is 0 Å². The summed E-state index contributed by atoms with van der Waals surface area (Å²) in [5, 5.41) is 0. The second kappa shape index (κ2) is 4.49. The molecule has 0 atom stereocenters. The average Bonchev–Trinajstić information content (AvgIpc) is 2.28. The maximum absolute atomic E-state index is 12.9. The average molecular weight is 302 g/mol. The van der Waals surface area contributed by atoms with Crippen LogP contribution in [0.1, 0.15) is 5.56 Å². The first-order valence-electron chi connectivity index (χ1n) is 4.77. The van der Waals surface area contributed by atoms with E-state index in [1.807, 2.05) is 0 Å². The number of halogens is 4. The van der Waals surface area contributed by atoms with Gasteiger partial charge in [-0.2, -0.15) is 13.2 Å². The Labute approximate surface area is 104 Å². The molecule has 0 amide bonds. The van der Waals surface area contributed by atoms with Gasteiger partial charge in [0.1, 0.15) is 4.60 Å². The lowest BCUT2D eigenvalue weighted by Gasteiger charge is -2.13. The quantitative estimate of drug-likeness (QED) is 0.705. The van der Waals surface area contributed by atoms with Gasteiger partial charge in [0.05, 0.1) is 5.56 Å². The smallest absolute Gasteiger partial charge is 0.249 e. The highest BCUT2D eigenvalue weighted by molar-refractivity contribution is 9.10. The largest absolute Gasteiger partial charge is 0.419 e. The molecule has 88 valence electrons. The van der Waals surface area contributed by atoms with E-state index in [1.54, 1.807) is 30.3 Å². The summed E-state index contributed by atoms with van der Waals surface area (Å²) in [6.45, 7) is 0. The summed E-state index contributed by atoms with van der Waals surface area (Å²) >= 11 is 2.85. The summed E-state index contributed by atoms with van der Waals surface area (Å²) < 4.78 is 38.6. The Kier molecular flexibility index (Phi) is 3.19. The van der Waals surface area contributed by atoms with Crippen molar-refractivity contribution < 1.29 is 13.2 Å². The first-order valence-corrected chi connectivity index (χ1v) is 5.56. The molecular formula is C12H7BrF3N. The van der Waals surface area contributed by atoms with Gasteiger partial charge in [0.25, 0.3) is 0 Å². The third-order valence-electron chi connectivity index (χ3n) is 2.27. The third kappa shape index (κ3) is 2.49. The van der Waals surface area contributed by atoms with E-state index in [0.717, 1.165) is 0 Å². The zero-order chi connectivity index (χ0) is 12.5. The first kappa shape index (κ1) is 12.1. The minimum atomic E-state index is -4.43. The fourth-order valence-electron chi connectivity index (χ4n) is 1.56. The van der Waals surface area contributed by atoms with Crippen LogP contribution in [0.5, 0.6) is 0 Å². The molecule has 1 aromatic heterocycles. The number of aromatic nitrogens is 1. The molecule has 0 radical (unpaired) electrons. The highest BCUT2D eigenvalue weighted by atomic mass is 79.9. The number of pyridine rings is 1. The summed E-state index contributed by atoms with van der Waals surface area (Å²) in [5.41, 5.74) is -0.103.